The normalized spacial score (nSPS) is 15.0. The van der Waals surface area contributed by atoms with E-state index < -0.39 is 0 Å². The summed E-state index contributed by atoms with van der Waals surface area (Å²) in [4.78, 5) is 22.7. The van der Waals surface area contributed by atoms with E-state index in [4.69, 9.17) is 9.51 Å². The van der Waals surface area contributed by atoms with Gasteiger partial charge in [-0.3, -0.25) is 9.36 Å². The third-order valence-corrected chi connectivity index (χ3v) is 6.11. The molecule has 1 atom stereocenters. The highest BCUT2D eigenvalue weighted by Gasteiger charge is 2.30. The second-order valence-electron chi connectivity index (χ2n) is 7.41. The first-order valence-electron chi connectivity index (χ1n) is 9.69. The Morgan fingerprint density at radius 3 is 2.62 bits per heavy atom. The van der Waals surface area contributed by atoms with Gasteiger partial charge in [0, 0.05) is 5.92 Å². The third kappa shape index (κ3) is 3.46. The SMILES string of the molecule is Cc1ccc(-n2c(SC(C)c3nc(C4CC4)no3)nc3ccccc3c2=O)cc1. The Kier molecular flexibility index (Phi) is 4.47. The number of benzene rings is 2. The molecule has 2 aromatic carbocycles. The maximum Gasteiger partial charge on any atom is 0.266 e. The summed E-state index contributed by atoms with van der Waals surface area (Å²) < 4.78 is 7.15. The molecule has 0 bridgehead atoms. The van der Waals surface area contributed by atoms with Crippen LogP contribution in [0.15, 0.2) is 63.0 Å². The van der Waals surface area contributed by atoms with Gasteiger partial charge in [-0.1, -0.05) is 46.7 Å². The molecule has 4 aromatic rings. The van der Waals surface area contributed by atoms with Crippen LogP contribution in [-0.4, -0.2) is 19.7 Å². The molecule has 0 aliphatic heterocycles. The van der Waals surface area contributed by atoms with Gasteiger partial charge in [-0.15, -0.1) is 0 Å². The van der Waals surface area contributed by atoms with E-state index in [0.29, 0.717) is 27.9 Å². The van der Waals surface area contributed by atoms with Gasteiger partial charge < -0.3 is 4.52 Å². The van der Waals surface area contributed by atoms with Crippen molar-refractivity contribution in [3.63, 3.8) is 0 Å². The number of para-hydroxylation sites is 1. The van der Waals surface area contributed by atoms with Crippen molar-refractivity contribution >= 4 is 22.7 Å². The molecule has 0 amide bonds. The van der Waals surface area contributed by atoms with Gasteiger partial charge in [0.15, 0.2) is 11.0 Å². The summed E-state index contributed by atoms with van der Waals surface area (Å²) in [5.41, 5.74) is 2.52. The van der Waals surface area contributed by atoms with Crippen LogP contribution in [-0.2, 0) is 0 Å². The van der Waals surface area contributed by atoms with Gasteiger partial charge in [-0.2, -0.15) is 4.98 Å². The number of nitrogens with zero attached hydrogens (tertiary/aromatic N) is 4. The van der Waals surface area contributed by atoms with Crippen LogP contribution in [0.1, 0.15) is 48.2 Å². The first-order chi connectivity index (χ1) is 14.1. The van der Waals surface area contributed by atoms with Crippen LogP contribution < -0.4 is 5.56 Å². The molecule has 2 heterocycles. The second-order valence-corrected chi connectivity index (χ2v) is 8.72. The quantitative estimate of drug-likeness (QED) is 0.351. The van der Waals surface area contributed by atoms with Gasteiger partial charge in [0.25, 0.3) is 5.56 Å². The lowest BCUT2D eigenvalue weighted by molar-refractivity contribution is 0.374. The molecule has 5 rings (SSSR count). The van der Waals surface area contributed by atoms with Crippen molar-refractivity contribution in [2.75, 3.05) is 0 Å². The Morgan fingerprint density at radius 1 is 1.10 bits per heavy atom. The van der Waals surface area contributed by atoms with E-state index in [9.17, 15) is 4.79 Å². The Balaban J connectivity index is 1.59. The molecular weight excluding hydrogens is 384 g/mol. The summed E-state index contributed by atoms with van der Waals surface area (Å²) in [7, 11) is 0. The van der Waals surface area contributed by atoms with Gasteiger partial charge >= 0.3 is 0 Å². The monoisotopic (exact) mass is 404 g/mol. The highest BCUT2D eigenvalue weighted by atomic mass is 32.2. The van der Waals surface area contributed by atoms with Crippen molar-refractivity contribution < 1.29 is 4.52 Å². The lowest BCUT2D eigenvalue weighted by atomic mass is 10.2. The van der Waals surface area contributed by atoms with E-state index in [1.54, 1.807) is 4.57 Å². The standard InChI is InChI=1S/C22H20N4O2S/c1-13-7-11-16(12-8-13)26-21(27)17-5-3-4-6-18(17)23-22(26)29-14(2)20-24-19(25-28-20)15-9-10-15/h3-8,11-12,14-15H,9-10H2,1-2H3. The third-order valence-electron chi connectivity index (χ3n) is 5.07. The average Bonchev–Trinajstić information content (AvgIpc) is 3.46. The average molecular weight is 404 g/mol. The largest absolute Gasteiger partial charge is 0.338 e. The molecule has 0 spiro atoms. The van der Waals surface area contributed by atoms with Crippen molar-refractivity contribution in [2.24, 2.45) is 0 Å². The van der Waals surface area contributed by atoms with Crippen LogP contribution in [0.5, 0.6) is 0 Å². The van der Waals surface area contributed by atoms with E-state index in [-0.39, 0.29) is 10.8 Å². The van der Waals surface area contributed by atoms with Crippen molar-refractivity contribution in [2.45, 2.75) is 43.0 Å². The minimum Gasteiger partial charge on any atom is -0.338 e. The summed E-state index contributed by atoms with van der Waals surface area (Å²) in [6, 6.07) is 15.3. The smallest absolute Gasteiger partial charge is 0.266 e. The molecule has 1 fully saturated rings. The number of aromatic nitrogens is 4. The van der Waals surface area contributed by atoms with Crippen molar-refractivity contribution in [1.82, 2.24) is 19.7 Å². The topological polar surface area (TPSA) is 73.8 Å². The predicted octanol–water partition coefficient (Wildman–Crippen LogP) is 4.81. The highest BCUT2D eigenvalue weighted by Crippen LogP contribution is 2.40. The number of thioether (sulfide) groups is 1. The first kappa shape index (κ1) is 18.1. The number of fused-ring (bicyclic) bond motifs is 1. The molecule has 146 valence electrons. The number of rotatable bonds is 5. The molecule has 1 unspecified atom stereocenters. The Bertz CT molecular complexity index is 1240. The van der Waals surface area contributed by atoms with Gasteiger partial charge in [0.2, 0.25) is 5.89 Å². The van der Waals surface area contributed by atoms with Crippen LogP contribution in [0.4, 0.5) is 0 Å². The second kappa shape index (κ2) is 7.15. The van der Waals surface area contributed by atoms with Crippen LogP contribution >= 0.6 is 11.8 Å². The molecule has 1 saturated carbocycles. The summed E-state index contributed by atoms with van der Waals surface area (Å²) in [6.45, 7) is 4.02. The van der Waals surface area contributed by atoms with Crippen LogP contribution in [0.3, 0.4) is 0 Å². The molecule has 2 aromatic heterocycles. The van der Waals surface area contributed by atoms with E-state index in [1.807, 2.05) is 62.4 Å². The molecule has 0 saturated heterocycles. The van der Waals surface area contributed by atoms with Gasteiger partial charge in [0.05, 0.1) is 21.8 Å². The van der Waals surface area contributed by atoms with Crippen LogP contribution in [0.2, 0.25) is 0 Å². The Hall–Kier alpha value is -2.93. The number of hydrogen-bond acceptors (Lipinski definition) is 6. The lowest BCUT2D eigenvalue weighted by Gasteiger charge is -2.15. The molecule has 6 nitrogen and oxygen atoms in total. The van der Waals surface area contributed by atoms with E-state index in [1.165, 1.54) is 11.8 Å². The zero-order valence-corrected chi connectivity index (χ0v) is 17.0. The molecule has 1 aliphatic rings. The van der Waals surface area contributed by atoms with Gasteiger partial charge in [0.1, 0.15) is 0 Å². The molecule has 0 radical (unpaired) electrons. The van der Waals surface area contributed by atoms with Crippen molar-refractivity contribution in [1.29, 1.82) is 0 Å². The molecular formula is C22H20N4O2S. The Morgan fingerprint density at radius 2 is 1.86 bits per heavy atom. The molecule has 1 aliphatic carbocycles. The predicted molar refractivity (Wildman–Crippen MR) is 113 cm³/mol. The number of hydrogen-bond donors (Lipinski definition) is 0. The summed E-state index contributed by atoms with van der Waals surface area (Å²) >= 11 is 1.45. The molecule has 7 heteroatoms. The maximum absolute atomic E-state index is 13.3. The van der Waals surface area contributed by atoms with E-state index >= 15 is 0 Å². The summed E-state index contributed by atoms with van der Waals surface area (Å²) in [5.74, 6) is 1.79. The minimum absolute atomic E-state index is 0.0849. The van der Waals surface area contributed by atoms with E-state index in [0.717, 1.165) is 29.9 Å². The fourth-order valence-electron chi connectivity index (χ4n) is 3.24. The van der Waals surface area contributed by atoms with Crippen LogP contribution in [0, 0.1) is 6.92 Å². The number of aryl methyl sites for hydroxylation is 1. The molecule has 29 heavy (non-hydrogen) atoms. The summed E-state index contributed by atoms with van der Waals surface area (Å²) in [5, 5.41) is 5.19. The summed E-state index contributed by atoms with van der Waals surface area (Å²) in [6.07, 6.45) is 2.25. The zero-order valence-electron chi connectivity index (χ0n) is 16.2. The fourth-order valence-corrected chi connectivity index (χ4v) is 4.20. The minimum atomic E-state index is -0.125. The first-order valence-corrected chi connectivity index (χ1v) is 10.6. The van der Waals surface area contributed by atoms with Gasteiger partial charge in [-0.05, 0) is 51.0 Å². The van der Waals surface area contributed by atoms with Crippen LogP contribution in [0.25, 0.3) is 16.6 Å². The van der Waals surface area contributed by atoms with Gasteiger partial charge in [-0.25, -0.2) is 4.98 Å². The zero-order chi connectivity index (χ0) is 20.0. The molecule has 0 N–H and O–H groups in total. The maximum atomic E-state index is 13.3. The highest BCUT2D eigenvalue weighted by molar-refractivity contribution is 7.99. The van der Waals surface area contributed by atoms with E-state index in [2.05, 4.69) is 10.1 Å². The van der Waals surface area contributed by atoms with Crippen molar-refractivity contribution in [3.8, 4) is 5.69 Å². The van der Waals surface area contributed by atoms with Crippen molar-refractivity contribution in [3.05, 3.63) is 76.2 Å². The fraction of sp³-hybridized carbons (Fsp3) is 0.273. The lowest BCUT2D eigenvalue weighted by Crippen LogP contribution is -2.22. The Labute approximate surface area is 172 Å².